The van der Waals surface area contributed by atoms with E-state index in [9.17, 15) is 13.6 Å². The number of halogens is 2. The fourth-order valence-corrected chi connectivity index (χ4v) is 2.32. The molecule has 0 atom stereocenters. The number of aromatic nitrogens is 2. The summed E-state index contributed by atoms with van der Waals surface area (Å²) in [7, 11) is 0. The van der Waals surface area contributed by atoms with Crippen molar-refractivity contribution in [2.45, 2.75) is 13.5 Å². The van der Waals surface area contributed by atoms with Crippen LogP contribution in [0.5, 0.6) is 0 Å². The van der Waals surface area contributed by atoms with E-state index in [1.807, 2.05) is 31.2 Å². The Kier molecular flexibility index (Phi) is 5.17. The molecule has 0 aliphatic carbocycles. The molecule has 1 amide bonds. The topological polar surface area (TPSA) is 66.9 Å². The van der Waals surface area contributed by atoms with Gasteiger partial charge in [0.2, 0.25) is 0 Å². The van der Waals surface area contributed by atoms with E-state index in [0.29, 0.717) is 18.4 Å². The zero-order valence-corrected chi connectivity index (χ0v) is 14.0. The van der Waals surface area contributed by atoms with Gasteiger partial charge in [0.25, 0.3) is 5.91 Å². The highest BCUT2D eigenvalue weighted by Gasteiger charge is 2.12. The second-order valence-electron chi connectivity index (χ2n) is 5.66. The summed E-state index contributed by atoms with van der Waals surface area (Å²) in [5.41, 5.74) is 2.18. The van der Waals surface area contributed by atoms with E-state index in [4.69, 9.17) is 0 Å². The molecule has 0 bridgehead atoms. The van der Waals surface area contributed by atoms with E-state index in [2.05, 4.69) is 20.8 Å². The largest absolute Gasteiger partial charge is 0.364 e. The number of hydrogen-bond donors (Lipinski definition) is 2. The Labute approximate surface area is 149 Å². The lowest BCUT2D eigenvalue weighted by atomic mass is 10.1. The number of nitrogens with zero attached hydrogens (tertiary/aromatic N) is 2. The summed E-state index contributed by atoms with van der Waals surface area (Å²) in [6, 6.07) is 13.9. The van der Waals surface area contributed by atoms with Crippen molar-refractivity contribution < 1.29 is 13.6 Å². The summed E-state index contributed by atoms with van der Waals surface area (Å²) in [5, 5.41) is 13.2. The summed E-state index contributed by atoms with van der Waals surface area (Å²) in [6.45, 7) is 2.60. The third-order valence-corrected chi connectivity index (χ3v) is 3.80. The molecule has 0 fully saturated rings. The highest BCUT2D eigenvalue weighted by molar-refractivity contribution is 6.02. The molecule has 0 aliphatic heterocycles. The molecule has 0 saturated carbocycles. The van der Waals surface area contributed by atoms with Crippen molar-refractivity contribution in [1.29, 1.82) is 0 Å². The monoisotopic (exact) mass is 354 g/mol. The Bertz CT molecular complexity index is 929. The molecule has 1 aromatic heterocycles. The van der Waals surface area contributed by atoms with Gasteiger partial charge in [0.1, 0.15) is 17.5 Å². The maximum Gasteiger partial charge on any atom is 0.276 e. The maximum absolute atomic E-state index is 13.6. The van der Waals surface area contributed by atoms with E-state index in [-0.39, 0.29) is 11.4 Å². The highest BCUT2D eigenvalue weighted by Crippen LogP contribution is 2.16. The van der Waals surface area contributed by atoms with Gasteiger partial charge in [-0.2, -0.15) is 0 Å². The van der Waals surface area contributed by atoms with Crippen molar-refractivity contribution >= 4 is 17.4 Å². The minimum absolute atomic E-state index is 0.0233. The first kappa shape index (κ1) is 17.5. The molecule has 2 aromatic carbocycles. The number of benzene rings is 2. The fourth-order valence-electron chi connectivity index (χ4n) is 2.32. The maximum atomic E-state index is 13.6. The van der Waals surface area contributed by atoms with Crippen LogP contribution in [0.1, 0.15) is 21.6 Å². The van der Waals surface area contributed by atoms with Crippen molar-refractivity contribution in [3.05, 3.63) is 83.1 Å². The van der Waals surface area contributed by atoms with E-state index in [0.717, 1.165) is 23.3 Å². The fraction of sp³-hybridized carbons (Fsp3) is 0.105. The van der Waals surface area contributed by atoms with Crippen molar-refractivity contribution in [3.63, 3.8) is 0 Å². The molecular formula is C19H16F2N4O. The molecular weight excluding hydrogens is 338 g/mol. The lowest BCUT2D eigenvalue weighted by molar-refractivity contribution is 0.102. The molecule has 5 nitrogen and oxygen atoms in total. The van der Waals surface area contributed by atoms with Crippen molar-refractivity contribution in [1.82, 2.24) is 10.2 Å². The van der Waals surface area contributed by atoms with Crippen LogP contribution in [-0.4, -0.2) is 16.1 Å². The average Bonchev–Trinajstić information content (AvgIpc) is 2.64. The predicted molar refractivity (Wildman–Crippen MR) is 94.8 cm³/mol. The molecule has 3 aromatic rings. The Morgan fingerprint density at radius 2 is 1.85 bits per heavy atom. The lowest BCUT2D eigenvalue weighted by Gasteiger charge is -2.08. The molecule has 1 heterocycles. The van der Waals surface area contributed by atoms with E-state index >= 15 is 0 Å². The molecule has 3 rings (SSSR count). The molecule has 0 spiro atoms. The minimum Gasteiger partial charge on any atom is -0.364 e. The molecule has 2 N–H and O–H groups in total. The van der Waals surface area contributed by atoms with Crippen LogP contribution in [0.25, 0.3) is 0 Å². The van der Waals surface area contributed by atoms with Crippen molar-refractivity contribution in [3.8, 4) is 0 Å². The Morgan fingerprint density at radius 3 is 2.54 bits per heavy atom. The smallest absolute Gasteiger partial charge is 0.276 e. The summed E-state index contributed by atoms with van der Waals surface area (Å²) in [5.74, 6) is -1.70. The van der Waals surface area contributed by atoms with Gasteiger partial charge in [0.05, 0.1) is 5.69 Å². The van der Waals surface area contributed by atoms with Crippen molar-refractivity contribution in [2.24, 2.45) is 0 Å². The molecule has 0 saturated heterocycles. The predicted octanol–water partition coefficient (Wildman–Crippen LogP) is 3.93. The SMILES string of the molecule is Cc1ccccc1CNc1ccc(C(=O)Nc2ccc(F)cc2F)nn1. The van der Waals surface area contributed by atoms with Gasteiger partial charge in [-0.3, -0.25) is 4.79 Å². The molecule has 0 aliphatic rings. The van der Waals surface area contributed by atoms with Crippen LogP contribution >= 0.6 is 0 Å². The standard InChI is InChI=1S/C19H16F2N4O/c1-12-4-2-3-5-13(12)11-22-18-9-8-17(24-25-18)19(26)23-16-7-6-14(20)10-15(16)21/h2-10H,11H2,1H3,(H,22,25)(H,23,26). The summed E-state index contributed by atoms with van der Waals surface area (Å²) >= 11 is 0. The Hall–Kier alpha value is -3.35. The molecule has 0 radical (unpaired) electrons. The Morgan fingerprint density at radius 1 is 1.04 bits per heavy atom. The third-order valence-electron chi connectivity index (χ3n) is 3.80. The lowest BCUT2D eigenvalue weighted by Crippen LogP contribution is -2.16. The van der Waals surface area contributed by atoms with Crippen molar-refractivity contribution in [2.75, 3.05) is 10.6 Å². The first-order chi connectivity index (χ1) is 12.5. The van der Waals surface area contributed by atoms with E-state index in [1.165, 1.54) is 6.07 Å². The minimum atomic E-state index is -0.858. The highest BCUT2D eigenvalue weighted by atomic mass is 19.1. The van der Waals surface area contributed by atoms with Crippen LogP contribution in [0.2, 0.25) is 0 Å². The van der Waals surface area contributed by atoms with Crippen LogP contribution in [-0.2, 0) is 6.54 Å². The second-order valence-corrected chi connectivity index (χ2v) is 5.66. The number of carbonyl (C=O) groups is 1. The van der Waals surface area contributed by atoms with E-state index < -0.39 is 17.5 Å². The third kappa shape index (κ3) is 4.18. The number of aryl methyl sites for hydroxylation is 1. The molecule has 132 valence electrons. The number of hydrogen-bond acceptors (Lipinski definition) is 4. The van der Waals surface area contributed by atoms with Crippen LogP contribution in [0, 0.1) is 18.6 Å². The van der Waals surface area contributed by atoms with Crippen LogP contribution in [0.4, 0.5) is 20.3 Å². The summed E-state index contributed by atoms with van der Waals surface area (Å²) < 4.78 is 26.5. The van der Waals surface area contributed by atoms with Gasteiger partial charge in [-0.05, 0) is 42.3 Å². The van der Waals surface area contributed by atoms with Gasteiger partial charge in [0.15, 0.2) is 5.69 Å². The van der Waals surface area contributed by atoms with Gasteiger partial charge in [-0.15, -0.1) is 10.2 Å². The normalized spacial score (nSPS) is 10.4. The summed E-state index contributed by atoms with van der Waals surface area (Å²) in [4.78, 5) is 12.1. The van der Waals surface area contributed by atoms with Gasteiger partial charge in [0, 0.05) is 12.6 Å². The number of nitrogens with one attached hydrogen (secondary N) is 2. The zero-order chi connectivity index (χ0) is 18.5. The van der Waals surface area contributed by atoms with Crippen LogP contribution < -0.4 is 10.6 Å². The number of rotatable bonds is 5. The Balaban J connectivity index is 1.63. The first-order valence-corrected chi connectivity index (χ1v) is 7.91. The van der Waals surface area contributed by atoms with Gasteiger partial charge in [-0.25, -0.2) is 8.78 Å². The number of carbonyl (C=O) groups excluding carboxylic acids is 1. The number of anilines is 2. The molecule has 0 unspecified atom stereocenters. The van der Waals surface area contributed by atoms with Crippen LogP contribution in [0.3, 0.4) is 0 Å². The molecule has 7 heteroatoms. The quantitative estimate of drug-likeness (QED) is 0.729. The van der Waals surface area contributed by atoms with Gasteiger partial charge in [-0.1, -0.05) is 24.3 Å². The van der Waals surface area contributed by atoms with Crippen LogP contribution in [0.15, 0.2) is 54.6 Å². The summed E-state index contributed by atoms with van der Waals surface area (Å²) in [6.07, 6.45) is 0. The zero-order valence-electron chi connectivity index (χ0n) is 14.0. The molecule has 26 heavy (non-hydrogen) atoms. The van der Waals surface area contributed by atoms with E-state index in [1.54, 1.807) is 6.07 Å². The number of amides is 1. The second kappa shape index (κ2) is 7.69. The average molecular weight is 354 g/mol. The van der Waals surface area contributed by atoms with Gasteiger partial charge >= 0.3 is 0 Å². The first-order valence-electron chi connectivity index (χ1n) is 7.91. The van der Waals surface area contributed by atoms with Gasteiger partial charge < -0.3 is 10.6 Å².